The van der Waals surface area contributed by atoms with Gasteiger partial charge >= 0.3 is 0 Å². The van der Waals surface area contributed by atoms with Crippen LogP contribution in [0.2, 0.25) is 0 Å². The molecule has 1 aliphatic rings. The van der Waals surface area contributed by atoms with Gasteiger partial charge in [0.1, 0.15) is 6.10 Å². The zero-order valence-electron chi connectivity index (χ0n) is 13.5. The van der Waals surface area contributed by atoms with Gasteiger partial charge in [-0.15, -0.1) is 0 Å². The molecule has 1 atom stereocenters. The van der Waals surface area contributed by atoms with Crippen molar-refractivity contribution in [2.75, 3.05) is 6.61 Å². The zero-order chi connectivity index (χ0) is 14.5. The molecule has 1 fully saturated rings. The first-order valence-corrected chi connectivity index (χ1v) is 8.99. The predicted octanol–water partition coefficient (Wildman–Crippen LogP) is 5.44. The zero-order valence-corrected chi connectivity index (χ0v) is 13.5. The van der Waals surface area contributed by atoms with Crippen LogP contribution in [0, 0.1) is 0 Å². The lowest BCUT2D eigenvalue weighted by Crippen LogP contribution is -2.14. The molecule has 20 heavy (non-hydrogen) atoms. The lowest BCUT2D eigenvalue weighted by atomic mass is 10.0. The van der Waals surface area contributed by atoms with Crippen molar-refractivity contribution in [3.8, 4) is 0 Å². The quantitative estimate of drug-likeness (QED) is 0.421. The molecule has 0 bridgehead atoms. The predicted molar refractivity (Wildman–Crippen MR) is 85.1 cm³/mol. The molecule has 0 spiro atoms. The van der Waals surface area contributed by atoms with Crippen molar-refractivity contribution in [1.29, 1.82) is 0 Å². The molecule has 2 heteroatoms. The lowest BCUT2D eigenvalue weighted by Gasteiger charge is -2.07. The van der Waals surface area contributed by atoms with Crippen LogP contribution < -0.4 is 0 Å². The molecule has 118 valence electrons. The fourth-order valence-electron chi connectivity index (χ4n) is 2.97. The van der Waals surface area contributed by atoms with E-state index in [9.17, 15) is 4.79 Å². The number of hydrogen-bond donors (Lipinski definition) is 0. The molecule has 0 radical (unpaired) electrons. The third kappa shape index (κ3) is 8.73. The summed E-state index contributed by atoms with van der Waals surface area (Å²) in [4.78, 5) is 11.4. The summed E-state index contributed by atoms with van der Waals surface area (Å²) < 4.78 is 5.42. The van der Waals surface area contributed by atoms with Crippen LogP contribution in [0.1, 0.15) is 96.8 Å². The highest BCUT2D eigenvalue weighted by atomic mass is 16.5. The van der Waals surface area contributed by atoms with Gasteiger partial charge in [-0.05, 0) is 6.42 Å². The molecule has 1 heterocycles. The van der Waals surface area contributed by atoms with Gasteiger partial charge in [-0.2, -0.15) is 0 Å². The first-order chi connectivity index (χ1) is 9.84. The second kappa shape index (κ2) is 12.4. The molecular weight excluding hydrogens is 248 g/mol. The van der Waals surface area contributed by atoms with E-state index in [0.717, 1.165) is 12.8 Å². The molecule has 0 amide bonds. The van der Waals surface area contributed by atoms with Gasteiger partial charge < -0.3 is 4.74 Å². The number of Topliss-reactive ketones (excluding diaryl/α,β-unsaturated/α-hetero) is 1. The summed E-state index contributed by atoms with van der Waals surface area (Å²) in [5.41, 5.74) is 0. The van der Waals surface area contributed by atoms with Crippen LogP contribution in [0.25, 0.3) is 0 Å². The Kier molecular flexibility index (Phi) is 10.9. The van der Waals surface area contributed by atoms with E-state index in [0.29, 0.717) is 18.8 Å². The van der Waals surface area contributed by atoms with Crippen LogP contribution in [-0.2, 0) is 9.53 Å². The average Bonchev–Trinajstić information content (AvgIpc) is 2.85. The maximum Gasteiger partial charge on any atom is 0.163 e. The molecule has 0 N–H and O–H groups in total. The Morgan fingerprint density at radius 2 is 1.35 bits per heavy atom. The Morgan fingerprint density at radius 1 is 0.850 bits per heavy atom. The van der Waals surface area contributed by atoms with Crippen molar-refractivity contribution in [2.45, 2.75) is 103 Å². The van der Waals surface area contributed by atoms with Crippen LogP contribution in [0.15, 0.2) is 0 Å². The summed E-state index contributed by atoms with van der Waals surface area (Å²) in [6.07, 6.45) is 17.9. The van der Waals surface area contributed by atoms with Crippen LogP contribution >= 0.6 is 0 Å². The van der Waals surface area contributed by atoms with Crippen molar-refractivity contribution in [3.63, 3.8) is 0 Å². The highest BCUT2D eigenvalue weighted by Gasteiger charge is 2.24. The number of rotatable bonds is 13. The largest absolute Gasteiger partial charge is 0.370 e. The van der Waals surface area contributed by atoms with Crippen LogP contribution in [-0.4, -0.2) is 18.5 Å². The molecule has 0 saturated carbocycles. The minimum absolute atomic E-state index is 0.0573. The topological polar surface area (TPSA) is 26.3 Å². The SMILES string of the molecule is CCCCCCCCCCCCCC[C@@H]1OCCC1=O. The van der Waals surface area contributed by atoms with Crippen LogP contribution in [0.5, 0.6) is 0 Å². The number of hydrogen-bond acceptors (Lipinski definition) is 2. The van der Waals surface area contributed by atoms with E-state index in [1.165, 1.54) is 70.6 Å². The Balaban J connectivity index is 1.73. The van der Waals surface area contributed by atoms with Gasteiger partial charge in [0.15, 0.2) is 5.78 Å². The summed E-state index contributed by atoms with van der Waals surface area (Å²) in [7, 11) is 0. The molecule has 0 aromatic rings. The Morgan fingerprint density at radius 3 is 1.80 bits per heavy atom. The van der Waals surface area contributed by atoms with Gasteiger partial charge in [0.25, 0.3) is 0 Å². The fourth-order valence-corrected chi connectivity index (χ4v) is 2.97. The molecule has 1 saturated heterocycles. The van der Waals surface area contributed by atoms with E-state index in [1.807, 2.05) is 0 Å². The Bertz CT molecular complexity index is 238. The van der Waals surface area contributed by atoms with Crippen molar-refractivity contribution in [2.24, 2.45) is 0 Å². The summed E-state index contributed by atoms with van der Waals surface area (Å²) >= 11 is 0. The van der Waals surface area contributed by atoms with Crippen LogP contribution in [0.4, 0.5) is 0 Å². The third-order valence-corrected chi connectivity index (χ3v) is 4.35. The lowest BCUT2D eigenvalue weighted by molar-refractivity contribution is -0.122. The second-order valence-corrected chi connectivity index (χ2v) is 6.25. The smallest absolute Gasteiger partial charge is 0.163 e. The van der Waals surface area contributed by atoms with Gasteiger partial charge in [-0.25, -0.2) is 0 Å². The summed E-state index contributed by atoms with van der Waals surface area (Å²) in [5, 5.41) is 0. The number of ether oxygens (including phenoxy) is 1. The number of carbonyl (C=O) groups excluding carboxylic acids is 1. The number of ketones is 1. The summed E-state index contributed by atoms with van der Waals surface area (Å²) in [6.45, 7) is 2.93. The molecule has 1 aliphatic heterocycles. The fraction of sp³-hybridized carbons (Fsp3) is 0.944. The number of carbonyl (C=O) groups is 1. The van der Waals surface area contributed by atoms with E-state index in [-0.39, 0.29) is 6.10 Å². The minimum atomic E-state index is -0.0573. The van der Waals surface area contributed by atoms with E-state index < -0.39 is 0 Å². The molecule has 2 nitrogen and oxygen atoms in total. The normalized spacial score (nSPS) is 18.9. The molecule has 1 rings (SSSR count). The van der Waals surface area contributed by atoms with Gasteiger partial charge in [0.2, 0.25) is 0 Å². The van der Waals surface area contributed by atoms with Gasteiger partial charge in [-0.1, -0.05) is 84.0 Å². The Labute approximate surface area is 125 Å². The summed E-state index contributed by atoms with van der Waals surface area (Å²) in [6, 6.07) is 0. The molecule has 0 aromatic carbocycles. The third-order valence-electron chi connectivity index (χ3n) is 4.35. The van der Waals surface area contributed by atoms with E-state index in [1.54, 1.807) is 0 Å². The first kappa shape index (κ1) is 17.7. The van der Waals surface area contributed by atoms with Gasteiger partial charge in [-0.3, -0.25) is 4.79 Å². The van der Waals surface area contributed by atoms with Crippen molar-refractivity contribution >= 4 is 5.78 Å². The minimum Gasteiger partial charge on any atom is -0.370 e. The van der Waals surface area contributed by atoms with Crippen molar-refractivity contribution in [1.82, 2.24) is 0 Å². The molecule has 0 aliphatic carbocycles. The number of unbranched alkanes of at least 4 members (excludes halogenated alkanes) is 11. The molecule has 0 aromatic heterocycles. The van der Waals surface area contributed by atoms with E-state index >= 15 is 0 Å². The highest BCUT2D eigenvalue weighted by molar-refractivity contribution is 5.84. The molecular formula is C18H34O2. The van der Waals surface area contributed by atoms with Crippen molar-refractivity contribution in [3.05, 3.63) is 0 Å². The maximum absolute atomic E-state index is 11.4. The standard InChI is InChI=1S/C18H34O2/c1-2-3-4-5-6-7-8-9-10-11-12-13-14-18-17(19)15-16-20-18/h18H,2-16H2,1H3/t18-/m0/s1. The van der Waals surface area contributed by atoms with Crippen LogP contribution in [0.3, 0.4) is 0 Å². The molecule has 0 unspecified atom stereocenters. The van der Waals surface area contributed by atoms with E-state index in [4.69, 9.17) is 4.74 Å². The summed E-state index contributed by atoms with van der Waals surface area (Å²) in [5.74, 6) is 0.327. The highest BCUT2D eigenvalue weighted by Crippen LogP contribution is 2.17. The first-order valence-electron chi connectivity index (χ1n) is 8.99. The van der Waals surface area contributed by atoms with Gasteiger partial charge in [0.05, 0.1) is 6.61 Å². The monoisotopic (exact) mass is 282 g/mol. The van der Waals surface area contributed by atoms with E-state index in [2.05, 4.69) is 6.92 Å². The maximum atomic E-state index is 11.4. The van der Waals surface area contributed by atoms with Gasteiger partial charge in [0, 0.05) is 6.42 Å². The second-order valence-electron chi connectivity index (χ2n) is 6.25. The Hall–Kier alpha value is -0.370. The van der Waals surface area contributed by atoms with Crippen molar-refractivity contribution < 1.29 is 9.53 Å². The average molecular weight is 282 g/mol.